The second kappa shape index (κ2) is 7.39. The van der Waals surface area contributed by atoms with E-state index in [1.165, 1.54) is 11.3 Å². The summed E-state index contributed by atoms with van der Waals surface area (Å²) in [6, 6.07) is 5.83. The van der Waals surface area contributed by atoms with Crippen molar-refractivity contribution in [3.63, 3.8) is 0 Å². The number of halogens is 1. The van der Waals surface area contributed by atoms with E-state index in [-0.39, 0.29) is 23.6 Å². The highest BCUT2D eigenvalue weighted by atomic mass is 32.1. The van der Waals surface area contributed by atoms with E-state index in [0.717, 1.165) is 22.1 Å². The molecule has 1 aliphatic rings. The van der Waals surface area contributed by atoms with Gasteiger partial charge in [0.15, 0.2) is 5.82 Å². The molecule has 4 rings (SSSR count). The number of nitrogen functional groups attached to an aromatic ring is 1. The summed E-state index contributed by atoms with van der Waals surface area (Å²) in [6.07, 6.45) is 2.73. The molecule has 3 aromatic heterocycles. The zero-order valence-corrected chi connectivity index (χ0v) is 15.4. The summed E-state index contributed by atoms with van der Waals surface area (Å²) < 4.78 is 20.2. The number of hydrogen-bond acceptors (Lipinski definition) is 9. The number of ether oxygens (including phenoxy) is 1. The summed E-state index contributed by atoms with van der Waals surface area (Å²) in [5, 5.41) is 12.3. The highest BCUT2D eigenvalue weighted by Gasteiger charge is 2.40. The lowest BCUT2D eigenvalue weighted by Gasteiger charge is -2.10. The van der Waals surface area contributed by atoms with E-state index in [1.54, 1.807) is 6.20 Å². The van der Waals surface area contributed by atoms with E-state index in [0.29, 0.717) is 19.1 Å². The summed E-state index contributed by atoms with van der Waals surface area (Å²) in [6.45, 7) is 2.50. The number of nitrogens with two attached hydrogens (primary N) is 1. The molecule has 0 radical (unpaired) electrons. The molecule has 1 aliphatic carbocycles. The fourth-order valence-corrected chi connectivity index (χ4v) is 3.45. The Morgan fingerprint density at radius 2 is 2.22 bits per heavy atom. The molecule has 27 heavy (non-hydrogen) atoms. The Balaban J connectivity index is 1.39. The Bertz CT molecular complexity index is 936. The normalized spacial score (nSPS) is 18.3. The third kappa shape index (κ3) is 4.11. The van der Waals surface area contributed by atoms with Crippen molar-refractivity contribution in [2.45, 2.75) is 25.8 Å². The average molecular weight is 387 g/mol. The van der Waals surface area contributed by atoms with E-state index in [9.17, 15) is 4.39 Å². The van der Waals surface area contributed by atoms with Crippen molar-refractivity contribution in [1.82, 2.24) is 25.1 Å². The van der Waals surface area contributed by atoms with Crippen LogP contribution in [0.4, 0.5) is 16.2 Å². The van der Waals surface area contributed by atoms with Crippen LogP contribution in [0.1, 0.15) is 28.0 Å². The fraction of sp³-hybridized carbons (Fsp3) is 0.353. The molecule has 10 heteroatoms. The van der Waals surface area contributed by atoms with Gasteiger partial charge in [-0.1, -0.05) is 17.4 Å². The zero-order valence-electron chi connectivity index (χ0n) is 14.6. The molecule has 1 saturated carbocycles. The third-order valence-corrected chi connectivity index (χ3v) is 5.08. The average Bonchev–Trinajstić information content (AvgIpc) is 3.34. The molecule has 0 aliphatic heterocycles. The Morgan fingerprint density at radius 1 is 1.33 bits per heavy atom. The van der Waals surface area contributed by atoms with Crippen molar-refractivity contribution in [1.29, 1.82) is 0 Å². The van der Waals surface area contributed by atoms with Crippen molar-refractivity contribution in [3.05, 3.63) is 45.9 Å². The fourth-order valence-electron chi connectivity index (χ4n) is 2.80. The number of aromatic nitrogens is 5. The van der Waals surface area contributed by atoms with Gasteiger partial charge in [0.25, 0.3) is 5.88 Å². The van der Waals surface area contributed by atoms with Crippen LogP contribution in [0, 0.1) is 18.7 Å². The number of rotatable bonds is 7. The van der Waals surface area contributed by atoms with Gasteiger partial charge in [0.05, 0.1) is 13.2 Å². The second-order valence-electron chi connectivity index (χ2n) is 6.29. The van der Waals surface area contributed by atoms with Crippen LogP contribution in [-0.4, -0.2) is 31.8 Å². The first-order valence-electron chi connectivity index (χ1n) is 8.49. The Hall–Kier alpha value is -2.88. The summed E-state index contributed by atoms with van der Waals surface area (Å²) in [4.78, 5) is 12.1. The van der Waals surface area contributed by atoms with Crippen LogP contribution in [0.5, 0.6) is 5.88 Å². The monoisotopic (exact) mass is 387 g/mol. The topological polar surface area (TPSA) is 112 Å². The molecular weight excluding hydrogens is 369 g/mol. The van der Waals surface area contributed by atoms with Crippen molar-refractivity contribution >= 4 is 23.1 Å². The first kappa shape index (κ1) is 17.5. The molecule has 0 saturated heterocycles. The van der Waals surface area contributed by atoms with Crippen LogP contribution in [0.2, 0.25) is 0 Å². The van der Waals surface area contributed by atoms with E-state index in [2.05, 4.69) is 30.5 Å². The van der Waals surface area contributed by atoms with E-state index >= 15 is 0 Å². The quantitative estimate of drug-likeness (QED) is 0.636. The Labute approximate surface area is 159 Å². The number of nitrogens with zero attached hydrogens (tertiary/aromatic N) is 5. The van der Waals surface area contributed by atoms with Crippen LogP contribution in [0.3, 0.4) is 0 Å². The van der Waals surface area contributed by atoms with Crippen LogP contribution in [0.25, 0.3) is 0 Å². The Morgan fingerprint density at radius 3 is 2.96 bits per heavy atom. The molecule has 2 atom stereocenters. The molecule has 0 bridgehead atoms. The summed E-state index contributed by atoms with van der Waals surface area (Å²) in [5.74, 6) is -0.254. The van der Waals surface area contributed by atoms with Crippen molar-refractivity contribution < 1.29 is 9.13 Å². The molecule has 1 fully saturated rings. The second-order valence-corrected chi connectivity index (χ2v) is 7.55. The molecule has 0 spiro atoms. The van der Waals surface area contributed by atoms with Gasteiger partial charge in [-0.15, -0.1) is 10.2 Å². The van der Waals surface area contributed by atoms with Gasteiger partial charge >= 0.3 is 0 Å². The number of aryl methyl sites for hydroxylation is 1. The SMILES string of the molecule is Cc1nnc(CNc2nc(N)nc(OCC3CC3c3ccccn3)c2F)s1. The minimum atomic E-state index is -0.666. The minimum absolute atomic E-state index is 0.0116. The first-order chi connectivity index (χ1) is 13.1. The van der Waals surface area contributed by atoms with Gasteiger partial charge in [-0.05, 0) is 25.5 Å². The maximum absolute atomic E-state index is 14.6. The molecule has 0 aromatic carbocycles. The van der Waals surface area contributed by atoms with Crippen molar-refractivity contribution in [3.8, 4) is 5.88 Å². The van der Waals surface area contributed by atoms with Crippen LogP contribution >= 0.6 is 11.3 Å². The lowest BCUT2D eigenvalue weighted by atomic mass is 10.2. The number of nitrogens with one attached hydrogen (secondary N) is 1. The Kier molecular flexibility index (Phi) is 4.80. The summed E-state index contributed by atoms with van der Waals surface area (Å²) in [7, 11) is 0. The lowest BCUT2D eigenvalue weighted by Crippen LogP contribution is -2.11. The van der Waals surface area contributed by atoms with Gasteiger partial charge in [0.2, 0.25) is 11.8 Å². The van der Waals surface area contributed by atoms with Gasteiger partial charge < -0.3 is 15.8 Å². The summed E-state index contributed by atoms with van der Waals surface area (Å²) >= 11 is 1.42. The highest BCUT2D eigenvalue weighted by Crippen LogP contribution is 2.46. The van der Waals surface area contributed by atoms with Crippen LogP contribution in [0.15, 0.2) is 24.4 Å². The standard InChI is InChI=1S/C17H18FN7OS/c1-9-24-25-13(27-9)7-21-15-14(18)16(23-17(19)22-15)26-8-10-6-11(10)12-4-2-3-5-20-12/h2-5,10-11H,6-8H2,1H3,(H3,19,21,22,23). The lowest BCUT2D eigenvalue weighted by molar-refractivity contribution is 0.271. The highest BCUT2D eigenvalue weighted by molar-refractivity contribution is 7.11. The molecule has 0 amide bonds. The number of pyridine rings is 1. The van der Waals surface area contributed by atoms with E-state index in [4.69, 9.17) is 10.5 Å². The molecule has 8 nitrogen and oxygen atoms in total. The predicted octanol–water partition coefficient (Wildman–Crippen LogP) is 2.55. The number of hydrogen-bond donors (Lipinski definition) is 2. The summed E-state index contributed by atoms with van der Waals surface area (Å²) in [5.41, 5.74) is 6.73. The maximum Gasteiger partial charge on any atom is 0.257 e. The molecule has 2 unspecified atom stereocenters. The van der Waals surface area contributed by atoms with Crippen LogP contribution < -0.4 is 15.8 Å². The molecule has 3 heterocycles. The first-order valence-corrected chi connectivity index (χ1v) is 9.31. The van der Waals surface area contributed by atoms with Crippen molar-refractivity contribution in [2.24, 2.45) is 5.92 Å². The molecule has 3 N–H and O–H groups in total. The van der Waals surface area contributed by atoms with Gasteiger partial charge in [0, 0.05) is 23.7 Å². The van der Waals surface area contributed by atoms with E-state index < -0.39 is 5.82 Å². The van der Waals surface area contributed by atoms with E-state index in [1.807, 2.05) is 25.1 Å². The number of anilines is 2. The third-order valence-electron chi connectivity index (χ3n) is 4.24. The van der Waals surface area contributed by atoms with Crippen molar-refractivity contribution in [2.75, 3.05) is 17.7 Å². The van der Waals surface area contributed by atoms with Crippen LogP contribution in [-0.2, 0) is 6.54 Å². The minimum Gasteiger partial charge on any atom is -0.475 e. The maximum atomic E-state index is 14.6. The molecule has 140 valence electrons. The molecular formula is C17H18FN7OS. The van der Waals surface area contributed by atoms with Gasteiger partial charge in [-0.2, -0.15) is 14.4 Å². The van der Waals surface area contributed by atoms with Gasteiger partial charge in [-0.3, -0.25) is 4.98 Å². The largest absolute Gasteiger partial charge is 0.475 e. The zero-order chi connectivity index (χ0) is 18.8. The molecule has 3 aromatic rings. The van der Waals surface area contributed by atoms with Gasteiger partial charge in [0.1, 0.15) is 10.0 Å². The predicted molar refractivity (Wildman–Crippen MR) is 99.0 cm³/mol. The van der Waals surface area contributed by atoms with Gasteiger partial charge in [-0.25, -0.2) is 0 Å². The smallest absolute Gasteiger partial charge is 0.257 e.